The summed E-state index contributed by atoms with van der Waals surface area (Å²) in [5.41, 5.74) is -0.0689. The van der Waals surface area contributed by atoms with Crippen LogP contribution in [-0.4, -0.2) is 34.5 Å². The number of esters is 3. The predicted molar refractivity (Wildman–Crippen MR) is 96.2 cm³/mol. The Morgan fingerprint density at radius 1 is 0.759 bits per heavy atom. The first kappa shape index (κ1) is 19.9. The molecule has 0 aliphatic heterocycles. The lowest BCUT2D eigenvalue weighted by molar-refractivity contribution is -0.134. The van der Waals surface area contributed by atoms with E-state index in [-0.39, 0.29) is 33.8 Å². The van der Waals surface area contributed by atoms with Gasteiger partial charge in [0.05, 0.1) is 16.7 Å². The van der Waals surface area contributed by atoms with Crippen LogP contribution in [0.1, 0.15) is 58.3 Å². The van der Waals surface area contributed by atoms with Gasteiger partial charge in [-0.2, -0.15) is 0 Å². The van der Waals surface area contributed by atoms with Crippen molar-refractivity contribution in [2.24, 2.45) is 0 Å². The molecule has 3 rings (SSSR count). The molecule has 0 bridgehead atoms. The summed E-state index contributed by atoms with van der Waals surface area (Å²) >= 11 is 0. The molecule has 0 unspecified atom stereocenters. The van der Waals surface area contributed by atoms with Crippen LogP contribution in [-0.2, 0) is 14.4 Å². The minimum atomic E-state index is -0.811. The van der Waals surface area contributed by atoms with E-state index in [2.05, 4.69) is 4.98 Å². The van der Waals surface area contributed by atoms with Crippen molar-refractivity contribution in [3.05, 3.63) is 46.3 Å². The fourth-order valence-corrected chi connectivity index (χ4v) is 2.97. The Labute approximate surface area is 164 Å². The van der Waals surface area contributed by atoms with E-state index in [0.29, 0.717) is 5.69 Å². The fourth-order valence-electron chi connectivity index (χ4n) is 2.97. The van der Waals surface area contributed by atoms with E-state index in [0.717, 1.165) is 26.8 Å². The molecule has 1 aliphatic rings. The molecule has 1 aromatic carbocycles. The minimum absolute atomic E-state index is 0.0183. The Kier molecular flexibility index (Phi) is 4.98. The van der Waals surface area contributed by atoms with Gasteiger partial charge in [0.1, 0.15) is 5.75 Å². The standard InChI is InChI=1S/C20H15NO8/c1-8-5-12-13(7-21-8)19(26)17-16(18(12)25)14(27-9(2)22)6-15(28-10(3)23)20(17)29-11(4)24/h5-7H,1-4H3. The maximum Gasteiger partial charge on any atom is 0.308 e. The third-order valence-corrected chi connectivity index (χ3v) is 3.95. The van der Waals surface area contributed by atoms with Crippen molar-refractivity contribution >= 4 is 29.5 Å². The van der Waals surface area contributed by atoms with E-state index in [1.54, 1.807) is 6.92 Å². The van der Waals surface area contributed by atoms with Gasteiger partial charge in [-0.15, -0.1) is 0 Å². The second-order valence-electron chi connectivity index (χ2n) is 6.26. The Bertz CT molecular complexity index is 1120. The van der Waals surface area contributed by atoms with Gasteiger partial charge < -0.3 is 14.2 Å². The van der Waals surface area contributed by atoms with Crippen LogP contribution < -0.4 is 14.2 Å². The summed E-state index contributed by atoms with van der Waals surface area (Å²) in [6.45, 7) is 4.93. The first-order valence-corrected chi connectivity index (χ1v) is 8.42. The molecule has 0 spiro atoms. The molecule has 0 radical (unpaired) electrons. The number of ether oxygens (including phenoxy) is 3. The Morgan fingerprint density at radius 2 is 1.31 bits per heavy atom. The van der Waals surface area contributed by atoms with Crippen LogP contribution in [0.5, 0.6) is 17.2 Å². The quantitative estimate of drug-likeness (QED) is 0.481. The first-order valence-electron chi connectivity index (χ1n) is 8.42. The molecule has 0 amide bonds. The normalized spacial score (nSPS) is 12.0. The average molecular weight is 397 g/mol. The predicted octanol–water partition coefficient (Wildman–Crippen LogP) is 1.94. The number of ketones is 2. The van der Waals surface area contributed by atoms with Gasteiger partial charge in [-0.3, -0.25) is 29.0 Å². The van der Waals surface area contributed by atoms with Crippen LogP contribution in [0.15, 0.2) is 18.3 Å². The summed E-state index contributed by atoms with van der Waals surface area (Å²) in [6.07, 6.45) is 1.23. The Morgan fingerprint density at radius 3 is 1.90 bits per heavy atom. The molecule has 0 saturated heterocycles. The summed E-state index contributed by atoms with van der Waals surface area (Å²) in [4.78, 5) is 65.1. The Balaban J connectivity index is 2.40. The number of hydrogen-bond acceptors (Lipinski definition) is 9. The average Bonchev–Trinajstić information content (AvgIpc) is 2.60. The van der Waals surface area contributed by atoms with Gasteiger partial charge in [0, 0.05) is 44.3 Å². The number of hydrogen-bond donors (Lipinski definition) is 0. The van der Waals surface area contributed by atoms with E-state index in [1.165, 1.54) is 12.3 Å². The lowest BCUT2D eigenvalue weighted by Crippen LogP contribution is -2.25. The molecule has 0 atom stereocenters. The summed E-state index contributed by atoms with van der Waals surface area (Å²) in [6, 6.07) is 2.49. The highest BCUT2D eigenvalue weighted by Gasteiger charge is 2.38. The summed E-state index contributed by atoms with van der Waals surface area (Å²) in [5.74, 6) is -4.72. The Hall–Kier alpha value is -3.88. The number of aryl methyl sites for hydroxylation is 1. The lowest BCUT2D eigenvalue weighted by Gasteiger charge is -2.23. The van der Waals surface area contributed by atoms with E-state index >= 15 is 0 Å². The van der Waals surface area contributed by atoms with Gasteiger partial charge in [-0.1, -0.05) is 0 Å². The third kappa shape index (κ3) is 3.62. The number of rotatable bonds is 3. The zero-order valence-corrected chi connectivity index (χ0v) is 15.9. The highest BCUT2D eigenvalue weighted by atomic mass is 16.6. The van der Waals surface area contributed by atoms with Crippen LogP contribution in [0.2, 0.25) is 0 Å². The van der Waals surface area contributed by atoms with Crippen molar-refractivity contribution < 1.29 is 38.2 Å². The second-order valence-corrected chi connectivity index (χ2v) is 6.26. The molecule has 1 heterocycles. The highest BCUT2D eigenvalue weighted by Crippen LogP contribution is 2.45. The maximum atomic E-state index is 13.2. The number of pyridine rings is 1. The number of benzene rings is 1. The van der Waals surface area contributed by atoms with Gasteiger partial charge >= 0.3 is 17.9 Å². The van der Waals surface area contributed by atoms with Crippen molar-refractivity contribution in [2.45, 2.75) is 27.7 Å². The van der Waals surface area contributed by atoms with Crippen molar-refractivity contribution in [2.75, 3.05) is 0 Å². The number of aromatic nitrogens is 1. The van der Waals surface area contributed by atoms with Crippen molar-refractivity contribution in [1.82, 2.24) is 4.98 Å². The smallest absolute Gasteiger partial charge is 0.308 e. The van der Waals surface area contributed by atoms with Crippen LogP contribution in [0.4, 0.5) is 0 Å². The molecule has 29 heavy (non-hydrogen) atoms. The number of carbonyl (C=O) groups excluding carboxylic acids is 5. The highest BCUT2D eigenvalue weighted by molar-refractivity contribution is 6.30. The maximum absolute atomic E-state index is 13.2. The number of carbonyl (C=O) groups is 5. The zero-order valence-electron chi connectivity index (χ0n) is 15.9. The molecule has 9 nitrogen and oxygen atoms in total. The van der Waals surface area contributed by atoms with Gasteiger partial charge in [-0.05, 0) is 13.0 Å². The zero-order chi connectivity index (χ0) is 21.5. The van der Waals surface area contributed by atoms with Crippen LogP contribution in [0.3, 0.4) is 0 Å². The van der Waals surface area contributed by atoms with Crippen molar-refractivity contribution in [3.8, 4) is 17.2 Å². The minimum Gasteiger partial charge on any atom is -0.426 e. The van der Waals surface area contributed by atoms with Crippen molar-refractivity contribution in [3.63, 3.8) is 0 Å². The molecule has 0 N–H and O–H groups in total. The molecule has 0 fully saturated rings. The van der Waals surface area contributed by atoms with Crippen LogP contribution in [0, 0.1) is 6.92 Å². The van der Waals surface area contributed by atoms with E-state index in [1.807, 2.05) is 0 Å². The molecule has 1 aliphatic carbocycles. The summed E-state index contributed by atoms with van der Waals surface area (Å²) in [7, 11) is 0. The van der Waals surface area contributed by atoms with Gasteiger partial charge in [0.15, 0.2) is 23.1 Å². The third-order valence-electron chi connectivity index (χ3n) is 3.95. The molecular formula is C20H15NO8. The topological polar surface area (TPSA) is 126 Å². The first-order chi connectivity index (χ1) is 13.6. The number of nitrogens with zero attached hydrogens (tertiary/aromatic N) is 1. The molecule has 9 heteroatoms. The fraction of sp³-hybridized carbons (Fsp3) is 0.200. The monoisotopic (exact) mass is 397 g/mol. The van der Waals surface area contributed by atoms with Gasteiger partial charge in [0.2, 0.25) is 0 Å². The van der Waals surface area contributed by atoms with E-state index in [4.69, 9.17) is 14.2 Å². The summed E-state index contributed by atoms with van der Waals surface area (Å²) in [5, 5.41) is 0. The molecule has 0 saturated carbocycles. The largest absolute Gasteiger partial charge is 0.426 e. The number of fused-ring (bicyclic) bond motifs is 2. The molecule has 1 aromatic heterocycles. The molecule has 2 aromatic rings. The molecule has 148 valence electrons. The van der Waals surface area contributed by atoms with E-state index < -0.39 is 35.2 Å². The van der Waals surface area contributed by atoms with Crippen molar-refractivity contribution in [1.29, 1.82) is 0 Å². The lowest BCUT2D eigenvalue weighted by atomic mass is 9.83. The summed E-state index contributed by atoms with van der Waals surface area (Å²) < 4.78 is 15.3. The van der Waals surface area contributed by atoms with E-state index in [9.17, 15) is 24.0 Å². The van der Waals surface area contributed by atoms with Gasteiger partial charge in [0.25, 0.3) is 0 Å². The molecular weight excluding hydrogens is 382 g/mol. The van der Waals surface area contributed by atoms with Crippen LogP contribution in [0.25, 0.3) is 0 Å². The van der Waals surface area contributed by atoms with Gasteiger partial charge in [-0.25, -0.2) is 0 Å². The van der Waals surface area contributed by atoms with Crippen LogP contribution >= 0.6 is 0 Å². The SMILES string of the molecule is CC(=O)Oc1cc(OC(C)=O)c2c(c1OC(C)=O)C(=O)c1cnc(C)cc1C2=O. The second kappa shape index (κ2) is 7.27.